The second kappa shape index (κ2) is 5.48. The second-order valence-corrected chi connectivity index (χ2v) is 3.73. The summed E-state index contributed by atoms with van der Waals surface area (Å²) >= 11 is 0. The Kier molecular flexibility index (Phi) is 3.75. The number of rotatable bonds is 3. The highest BCUT2D eigenvalue weighted by molar-refractivity contribution is 6.49. The van der Waals surface area contributed by atoms with Gasteiger partial charge in [0.2, 0.25) is 0 Å². The molecule has 0 aliphatic rings. The van der Waals surface area contributed by atoms with Gasteiger partial charge in [-0.1, -0.05) is 60.7 Å². The molecule has 0 aromatic heterocycles. The fourth-order valence-electron chi connectivity index (χ4n) is 1.74. The molecule has 0 heterocycles. The summed E-state index contributed by atoms with van der Waals surface area (Å²) in [6.07, 6.45) is 0. The molecule has 84 valence electrons. The molecule has 3 heteroatoms. The Bertz CT molecular complexity index is 451. The standard InChI is InChI=1S/C14H13BO2/c16-15(17)11-14(12-7-3-1-4-8-12)13-9-5-2-6-10-13/h1-11,16-17H. The highest BCUT2D eigenvalue weighted by Gasteiger charge is 2.09. The zero-order valence-electron chi connectivity index (χ0n) is 9.32. The van der Waals surface area contributed by atoms with Crippen molar-refractivity contribution in [2.45, 2.75) is 0 Å². The van der Waals surface area contributed by atoms with Crippen LogP contribution in [-0.4, -0.2) is 17.2 Å². The lowest BCUT2D eigenvalue weighted by Crippen LogP contribution is -2.08. The van der Waals surface area contributed by atoms with E-state index in [1.54, 1.807) is 0 Å². The van der Waals surface area contributed by atoms with Crippen molar-refractivity contribution in [3.63, 3.8) is 0 Å². The lowest BCUT2D eigenvalue weighted by atomic mass is 9.83. The second-order valence-electron chi connectivity index (χ2n) is 3.73. The first-order valence-corrected chi connectivity index (χ1v) is 5.46. The van der Waals surface area contributed by atoms with E-state index in [4.69, 9.17) is 10.0 Å². The molecule has 2 aromatic rings. The van der Waals surface area contributed by atoms with Gasteiger partial charge in [-0.2, -0.15) is 0 Å². The Morgan fingerprint density at radius 1 is 0.765 bits per heavy atom. The molecule has 17 heavy (non-hydrogen) atoms. The van der Waals surface area contributed by atoms with Crippen LogP contribution in [0.2, 0.25) is 0 Å². The van der Waals surface area contributed by atoms with Gasteiger partial charge in [-0.15, -0.1) is 0 Å². The van der Waals surface area contributed by atoms with Gasteiger partial charge in [0.15, 0.2) is 0 Å². The Hall–Kier alpha value is -1.84. The Morgan fingerprint density at radius 3 is 1.53 bits per heavy atom. The van der Waals surface area contributed by atoms with E-state index in [0.717, 1.165) is 16.7 Å². The molecule has 0 bridgehead atoms. The van der Waals surface area contributed by atoms with Crippen molar-refractivity contribution >= 4 is 12.7 Å². The molecular weight excluding hydrogens is 211 g/mol. The average molecular weight is 224 g/mol. The van der Waals surface area contributed by atoms with Gasteiger partial charge in [-0.25, -0.2) is 0 Å². The van der Waals surface area contributed by atoms with Crippen LogP contribution in [0.25, 0.3) is 5.57 Å². The monoisotopic (exact) mass is 224 g/mol. The molecule has 0 fully saturated rings. The lowest BCUT2D eigenvalue weighted by molar-refractivity contribution is 0.424. The third-order valence-electron chi connectivity index (χ3n) is 2.49. The SMILES string of the molecule is OB(O)C=C(c1ccccc1)c1ccccc1. The summed E-state index contributed by atoms with van der Waals surface area (Å²) < 4.78 is 0. The first kappa shape index (κ1) is 11.6. The van der Waals surface area contributed by atoms with E-state index in [1.165, 1.54) is 5.98 Å². The molecule has 0 unspecified atom stereocenters. The Balaban J connectivity index is 2.47. The molecule has 0 spiro atoms. The van der Waals surface area contributed by atoms with Crippen LogP contribution in [-0.2, 0) is 0 Å². The maximum Gasteiger partial charge on any atom is 0.481 e. The topological polar surface area (TPSA) is 40.5 Å². The highest BCUT2D eigenvalue weighted by Crippen LogP contribution is 2.22. The summed E-state index contributed by atoms with van der Waals surface area (Å²) in [7, 11) is -1.45. The van der Waals surface area contributed by atoms with E-state index in [2.05, 4.69) is 0 Å². The highest BCUT2D eigenvalue weighted by atomic mass is 16.4. The maximum absolute atomic E-state index is 9.12. The van der Waals surface area contributed by atoms with Gasteiger partial charge in [0.25, 0.3) is 0 Å². The molecule has 2 rings (SSSR count). The van der Waals surface area contributed by atoms with Gasteiger partial charge in [0.1, 0.15) is 0 Å². The fourth-order valence-corrected chi connectivity index (χ4v) is 1.74. The zero-order valence-corrected chi connectivity index (χ0v) is 9.32. The van der Waals surface area contributed by atoms with Crippen molar-refractivity contribution in [1.82, 2.24) is 0 Å². The molecule has 0 amide bonds. The first-order valence-electron chi connectivity index (χ1n) is 5.46. The van der Waals surface area contributed by atoms with Gasteiger partial charge < -0.3 is 10.0 Å². The van der Waals surface area contributed by atoms with Crippen LogP contribution in [0.3, 0.4) is 0 Å². The van der Waals surface area contributed by atoms with Crippen LogP contribution in [0.1, 0.15) is 11.1 Å². The van der Waals surface area contributed by atoms with Crippen LogP contribution < -0.4 is 0 Å². The summed E-state index contributed by atoms with van der Waals surface area (Å²) in [6, 6.07) is 19.4. The molecule has 0 radical (unpaired) electrons. The summed E-state index contributed by atoms with van der Waals surface area (Å²) in [6.45, 7) is 0. The molecule has 2 aromatic carbocycles. The number of benzene rings is 2. The smallest absolute Gasteiger partial charge is 0.424 e. The third-order valence-corrected chi connectivity index (χ3v) is 2.49. The van der Waals surface area contributed by atoms with Gasteiger partial charge in [-0.3, -0.25) is 0 Å². The normalized spacial score (nSPS) is 9.76. The van der Waals surface area contributed by atoms with Crippen molar-refractivity contribution in [1.29, 1.82) is 0 Å². The number of hydrogen-bond donors (Lipinski definition) is 2. The predicted octanol–water partition coefficient (Wildman–Crippen LogP) is 2.13. The van der Waals surface area contributed by atoms with E-state index < -0.39 is 7.12 Å². The minimum atomic E-state index is -1.45. The quantitative estimate of drug-likeness (QED) is 0.784. The van der Waals surface area contributed by atoms with Crippen LogP contribution in [0.5, 0.6) is 0 Å². The predicted molar refractivity (Wildman–Crippen MR) is 70.2 cm³/mol. The molecule has 0 aliphatic heterocycles. The average Bonchev–Trinajstić information content (AvgIpc) is 2.38. The van der Waals surface area contributed by atoms with Crippen molar-refractivity contribution in [2.24, 2.45) is 0 Å². The molecule has 0 aliphatic carbocycles. The largest absolute Gasteiger partial charge is 0.481 e. The zero-order chi connectivity index (χ0) is 12.1. The summed E-state index contributed by atoms with van der Waals surface area (Å²) in [5.74, 6) is 1.44. The molecule has 0 saturated carbocycles. The molecular formula is C14H13BO2. The van der Waals surface area contributed by atoms with E-state index >= 15 is 0 Å². The summed E-state index contributed by atoms with van der Waals surface area (Å²) in [4.78, 5) is 0. The van der Waals surface area contributed by atoms with Crippen LogP contribution >= 0.6 is 0 Å². The fraction of sp³-hybridized carbons (Fsp3) is 0. The van der Waals surface area contributed by atoms with Crippen molar-refractivity contribution in [3.05, 3.63) is 77.8 Å². The maximum atomic E-state index is 9.12. The molecule has 0 saturated heterocycles. The Labute approximate surface area is 101 Å². The van der Waals surface area contributed by atoms with Crippen LogP contribution in [0.4, 0.5) is 0 Å². The van der Waals surface area contributed by atoms with E-state index in [9.17, 15) is 0 Å². The molecule has 2 nitrogen and oxygen atoms in total. The van der Waals surface area contributed by atoms with E-state index in [-0.39, 0.29) is 0 Å². The van der Waals surface area contributed by atoms with E-state index in [0.29, 0.717) is 0 Å². The Morgan fingerprint density at radius 2 is 1.18 bits per heavy atom. The number of hydrogen-bond acceptors (Lipinski definition) is 2. The van der Waals surface area contributed by atoms with Crippen molar-refractivity contribution in [3.8, 4) is 0 Å². The van der Waals surface area contributed by atoms with Gasteiger partial charge in [-0.05, 0) is 22.7 Å². The summed E-state index contributed by atoms with van der Waals surface area (Å²) in [5.41, 5.74) is 2.75. The first-order chi connectivity index (χ1) is 8.27. The van der Waals surface area contributed by atoms with Crippen molar-refractivity contribution in [2.75, 3.05) is 0 Å². The van der Waals surface area contributed by atoms with Crippen LogP contribution in [0, 0.1) is 0 Å². The van der Waals surface area contributed by atoms with Gasteiger partial charge >= 0.3 is 7.12 Å². The van der Waals surface area contributed by atoms with Gasteiger partial charge in [0.05, 0.1) is 0 Å². The lowest BCUT2D eigenvalue weighted by Gasteiger charge is -2.08. The van der Waals surface area contributed by atoms with Crippen LogP contribution in [0.15, 0.2) is 66.6 Å². The summed E-state index contributed by atoms with van der Waals surface area (Å²) in [5, 5.41) is 18.2. The van der Waals surface area contributed by atoms with E-state index in [1.807, 2.05) is 60.7 Å². The minimum absolute atomic E-state index is 0.821. The minimum Gasteiger partial charge on any atom is -0.424 e. The van der Waals surface area contributed by atoms with Gasteiger partial charge in [0, 0.05) is 0 Å². The molecule has 0 atom stereocenters. The van der Waals surface area contributed by atoms with Crippen molar-refractivity contribution < 1.29 is 10.0 Å². The molecule has 2 N–H and O–H groups in total. The third kappa shape index (κ3) is 3.06.